The van der Waals surface area contributed by atoms with Crippen LogP contribution < -0.4 is 10.6 Å². The van der Waals surface area contributed by atoms with Gasteiger partial charge in [0.1, 0.15) is 0 Å². The van der Waals surface area contributed by atoms with Crippen LogP contribution in [0.15, 0.2) is 4.99 Å². The first-order chi connectivity index (χ1) is 8.92. The molecule has 0 aliphatic rings. The van der Waals surface area contributed by atoms with Crippen molar-refractivity contribution in [1.82, 2.24) is 15.5 Å². The predicted octanol–water partition coefficient (Wildman–Crippen LogP) is 2.46. The Labute approximate surface area is 120 Å². The number of guanidine groups is 1. The zero-order valence-corrected chi connectivity index (χ0v) is 14.0. The van der Waals surface area contributed by atoms with Gasteiger partial charge in [-0.3, -0.25) is 9.89 Å². The van der Waals surface area contributed by atoms with Gasteiger partial charge in [-0.1, -0.05) is 6.92 Å². The van der Waals surface area contributed by atoms with Crippen LogP contribution in [0.2, 0.25) is 0 Å². The molecule has 1 unspecified atom stereocenters. The van der Waals surface area contributed by atoms with E-state index in [-0.39, 0.29) is 0 Å². The number of hydrogen-bond acceptors (Lipinski definition) is 2. The van der Waals surface area contributed by atoms with Crippen molar-refractivity contribution in [3.05, 3.63) is 0 Å². The third kappa shape index (κ3) is 8.09. The van der Waals surface area contributed by atoms with Gasteiger partial charge < -0.3 is 10.6 Å². The lowest BCUT2D eigenvalue weighted by molar-refractivity contribution is 0.181. The molecule has 2 N–H and O–H groups in total. The van der Waals surface area contributed by atoms with Crippen LogP contribution in [0.25, 0.3) is 0 Å². The average molecular weight is 270 g/mol. The monoisotopic (exact) mass is 270 g/mol. The van der Waals surface area contributed by atoms with Gasteiger partial charge in [-0.05, 0) is 48.0 Å². The van der Waals surface area contributed by atoms with Crippen molar-refractivity contribution in [3.63, 3.8) is 0 Å². The number of aliphatic imine (C=N–C) groups is 1. The molecule has 0 amide bonds. The Kier molecular flexibility index (Phi) is 9.66. The molecule has 1 atom stereocenters. The molecule has 0 radical (unpaired) electrons. The molecule has 0 aromatic heterocycles. The lowest BCUT2D eigenvalue weighted by Gasteiger charge is -2.29. The Morgan fingerprint density at radius 2 is 1.63 bits per heavy atom. The summed E-state index contributed by atoms with van der Waals surface area (Å²) in [5, 5.41) is 6.72. The zero-order chi connectivity index (χ0) is 14.8. The number of rotatable bonds is 8. The van der Waals surface area contributed by atoms with E-state index in [2.05, 4.69) is 69.0 Å². The number of nitrogens with zero attached hydrogens (tertiary/aromatic N) is 2. The molecular formula is C15H34N4. The standard InChI is InChI=1S/C15H34N4/c1-8-14(7)18-15(16-9-2)17-10-11-19(12(3)4)13(5)6/h12-14H,8-11H2,1-7H3,(H2,16,17,18). The van der Waals surface area contributed by atoms with Crippen LogP contribution in [0.5, 0.6) is 0 Å². The van der Waals surface area contributed by atoms with Crippen LogP contribution in [-0.4, -0.2) is 48.6 Å². The third-order valence-electron chi connectivity index (χ3n) is 3.29. The third-order valence-corrected chi connectivity index (χ3v) is 3.29. The molecule has 19 heavy (non-hydrogen) atoms. The summed E-state index contributed by atoms with van der Waals surface area (Å²) in [6, 6.07) is 1.60. The highest BCUT2D eigenvalue weighted by Crippen LogP contribution is 2.03. The Hall–Kier alpha value is -0.770. The second kappa shape index (κ2) is 10.1. The summed E-state index contributed by atoms with van der Waals surface area (Å²) in [5.41, 5.74) is 0. The molecule has 0 rings (SSSR count). The zero-order valence-electron chi connectivity index (χ0n) is 14.0. The van der Waals surface area contributed by atoms with E-state index >= 15 is 0 Å². The minimum Gasteiger partial charge on any atom is -0.357 e. The van der Waals surface area contributed by atoms with Crippen molar-refractivity contribution in [2.75, 3.05) is 19.6 Å². The second-order valence-corrected chi connectivity index (χ2v) is 5.64. The van der Waals surface area contributed by atoms with E-state index in [4.69, 9.17) is 0 Å². The van der Waals surface area contributed by atoms with Crippen LogP contribution in [0.1, 0.15) is 54.9 Å². The van der Waals surface area contributed by atoms with E-state index in [0.717, 1.165) is 32.0 Å². The summed E-state index contributed by atoms with van der Waals surface area (Å²) in [5.74, 6) is 0.935. The SMILES string of the molecule is CCNC(=NCCN(C(C)C)C(C)C)NC(C)CC. The van der Waals surface area contributed by atoms with Gasteiger partial charge in [-0.2, -0.15) is 0 Å². The Bertz CT molecular complexity index is 241. The van der Waals surface area contributed by atoms with Crippen LogP contribution in [0.4, 0.5) is 0 Å². The molecule has 0 aromatic rings. The Morgan fingerprint density at radius 3 is 2.05 bits per heavy atom. The summed E-state index contributed by atoms with van der Waals surface area (Å²) < 4.78 is 0. The molecule has 4 heteroatoms. The summed E-state index contributed by atoms with van der Waals surface area (Å²) in [6.07, 6.45) is 1.11. The molecule has 0 fully saturated rings. The predicted molar refractivity (Wildman–Crippen MR) is 85.8 cm³/mol. The Morgan fingerprint density at radius 1 is 1.05 bits per heavy atom. The maximum atomic E-state index is 4.66. The van der Waals surface area contributed by atoms with Gasteiger partial charge >= 0.3 is 0 Å². The van der Waals surface area contributed by atoms with Crippen LogP contribution in [0, 0.1) is 0 Å². The van der Waals surface area contributed by atoms with E-state index in [1.165, 1.54) is 0 Å². The first-order valence-electron chi connectivity index (χ1n) is 7.72. The summed E-state index contributed by atoms with van der Waals surface area (Å²) in [7, 11) is 0. The maximum absolute atomic E-state index is 4.66. The number of nitrogens with one attached hydrogen (secondary N) is 2. The van der Waals surface area contributed by atoms with Crippen molar-refractivity contribution >= 4 is 5.96 Å². The highest BCUT2D eigenvalue weighted by molar-refractivity contribution is 5.80. The minimum absolute atomic E-state index is 0.462. The van der Waals surface area contributed by atoms with Crippen molar-refractivity contribution in [2.24, 2.45) is 4.99 Å². The quantitative estimate of drug-likeness (QED) is 0.526. The van der Waals surface area contributed by atoms with Gasteiger partial charge in [-0.15, -0.1) is 0 Å². The molecule has 0 aliphatic heterocycles. The largest absolute Gasteiger partial charge is 0.357 e. The highest BCUT2D eigenvalue weighted by atomic mass is 15.2. The van der Waals surface area contributed by atoms with Crippen molar-refractivity contribution in [2.45, 2.75) is 73.0 Å². The molecule has 0 heterocycles. The van der Waals surface area contributed by atoms with E-state index < -0.39 is 0 Å². The van der Waals surface area contributed by atoms with Gasteiger partial charge in [-0.25, -0.2) is 0 Å². The normalized spacial score (nSPS) is 14.3. The molecule has 114 valence electrons. The highest BCUT2D eigenvalue weighted by Gasteiger charge is 2.12. The van der Waals surface area contributed by atoms with Crippen molar-refractivity contribution in [1.29, 1.82) is 0 Å². The van der Waals surface area contributed by atoms with Crippen molar-refractivity contribution in [3.8, 4) is 0 Å². The lowest BCUT2D eigenvalue weighted by Crippen LogP contribution is -2.43. The molecule has 0 bridgehead atoms. The fourth-order valence-electron chi connectivity index (χ4n) is 2.05. The molecule has 0 saturated heterocycles. The van der Waals surface area contributed by atoms with E-state index in [1.54, 1.807) is 0 Å². The topological polar surface area (TPSA) is 39.7 Å². The van der Waals surface area contributed by atoms with E-state index in [9.17, 15) is 0 Å². The van der Waals surface area contributed by atoms with Gasteiger partial charge in [0, 0.05) is 31.2 Å². The molecule has 0 aromatic carbocycles. The summed E-state index contributed by atoms with van der Waals surface area (Å²) in [6.45, 7) is 18.2. The van der Waals surface area contributed by atoms with Crippen LogP contribution >= 0.6 is 0 Å². The van der Waals surface area contributed by atoms with E-state index in [1.807, 2.05) is 0 Å². The lowest BCUT2D eigenvalue weighted by atomic mass is 10.2. The summed E-state index contributed by atoms with van der Waals surface area (Å²) in [4.78, 5) is 7.13. The Balaban J connectivity index is 4.36. The smallest absolute Gasteiger partial charge is 0.191 e. The first kappa shape index (κ1) is 18.2. The molecule has 0 aliphatic carbocycles. The minimum atomic E-state index is 0.462. The van der Waals surface area contributed by atoms with Crippen LogP contribution in [0.3, 0.4) is 0 Å². The van der Waals surface area contributed by atoms with Crippen molar-refractivity contribution < 1.29 is 0 Å². The second-order valence-electron chi connectivity index (χ2n) is 5.64. The van der Waals surface area contributed by atoms with E-state index in [0.29, 0.717) is 18.1 Å². The first-order valence-corrected chi connectivity index (χ1v) is 7.72. The molecular weight excluding hydrogens is 236 g/mol. The number of hydrogen-bond donors (Lipinski definition) is 2. The summed E-state index contributed by atoms with van der Waals surface area (Å²) >= 11 is 0. The molecule has 0 saturated carbocycles. The fourth-order valence-corrected chi connectivity index (χ4v) is 2.05. The maximum Gasteiger partial charge on any atom is 0.191 e. The molecule has 0 spiro atoms. The van der Waals surface area contributed by atoms with Gasteiger partial charge in [0.2, 0.25) is 0 Å². The van der Waals surface area contributed by atoms with Crippen LogP contribution in [-0.2, 0) is 0 Å². The molecule has 4 nitrogen and oxygen atoms in total. The van der Waals surface area contributed by atoms with Gasteiger partial charge in [0.25, 0.3) is 0 Å². The fraction of sp³-hybridized carbons (Fsp3) is 0.933. The average Bonchev–Trinajstić information content (AvgIpc) is 2.33. The van der Waals surface area contributed by atoms with Gasteiger partial charge in [0.15, 0.2) is 5.96 Å². The van der Waals surface area contributed by atoms with Gasteiger partial charge in [0.05, 0.1) is 6.54 Å².